The number of carbonyl (C=O) groups is 1. The Labute approximate surface area is 122 Å². The second-order valence-electron chi connectivity index (χ2n) is 5.81. The van der Waals surface area contributed by atoms with Crippen molar-refractivity contribution in [1.82, 2.24) is 4.90 Å². The average Bonchev–Trinajstić information content (AvgIpc) is 3.26. The van der Waals surface area contributed by atoms with Gasteiger partial charge in [0.25, 0.3) is 5.91 Å². The van der Waals surface area contributed by atoms with Crippen molar-refractivity contribution in [3.05, 3.63) is 28.2 Å². The Morgan fingerprint density at radius 3 is 2.32 bits per heavy atom. The van der Waals surface area contributed by atoms with Crippen LogP contribution in [0.2, 0.25) is 0 Å². The van der Waals surface area contributed by atoms with Gasteiger partial charge in [-0.15, -0.1) is 0 Å². The van der Waals surface area contributed by atoms with Crippen LogP contribution in [0.1, 0.15) is 36.0 Å². The molecule has 2 fully saturated rings. The number of nitrogens with two attached hydrogens (primary N) is 1. The Morgan fingerprint density at radius 2 is 1.79 bits per heavy atom. The van der Waals surface area contributed by atoms with E-state index in [2.05, 4.69) is 15.9 Å². The fourth-order valence-corrected chi connectivity index (χ4v) is 2.78. The molecule has 2 saturated carbocycles. The standard InChI is InChI=1S/C15H19BrN2O/c16-14-12(2-1-3-13(14)17)15(19)18(8-10-4-5-10)9-11-6-7-11/h1-3,10-11H,4-9,17H2. The highest BCUT2D eigenvalue weighted by atomic mass is 79.9. The zero-order chi connectivity index (χ0) is 13.4. The van der Waals surface area contributed by atoms with Crippen LogP contribution in [0, 0.1) is 11.8 Å². The van der Waals surface area contributed by atoms with Crippen molar-refractivity contribution in [1.29, 1.82) is 0 Å². The van der Waals surface area contributed by atoms with Crippen molar-refractivity contribution in [3.63, 3.8) is 0 Å². The largest absolute Gasteiger partial charge is 0.398 e. The zero-order valence-corrected chi connectivity index (χ0v) is 12.5. The van der Waals surface area contributed by atoms with Gasteiger partial charge in [0.1, 0.15) is 0 Å². The lowest BCUT2D eigenvalue weighted by Crippen LogP contribution is -2.35. The smallest absolute Gasteiger partial charge is 0.255 e. The van der Waals surface area contributed by atoms with Crippen LogP contribution in [-0.2, 0) is 0 Å². The van der Waals surface area contributed by atoms with Crippen molar-refractivity contribution in [2.24, 2.45) is 11.8 Å². The van der Waals surface area contributed by atoms with Crippen LogP contribution >= 0.6 is 15.9 Å². The molecule has 0 saturated heterocycles. The number of hydrogen-bond donors (Lipinski definition) is 1. The molecule has 2 aliphatic carbocycles. The fourth-order valence-electron chi connectivity index (χ4n) is 2.35. The third kappa shape index (κ3) is 3.11. The first-order valence-electron chi connectivity index (χ1n) is 6.98. The maximum Gasteiger partial charge on any atom is 0.255 e. The Kier molecular flexibility index (Phi) is 3.52. The summed E-state index contributed by atoms with van der Waals surface area (Å²) in [6.45, 7) is 1.83. The summed E-state index contributed by atoms with van der Waals surface area (Å²) < 4.78 is 0.733. The molecule has 3 nitrogen and oxygen atoms in total. The number of carbonyl (C=O) groups excluding carboxylic acids is 1. The van der Waals surface area contributed by atoms with Gasteiger partial charge in [-0.25, -0.2) is 0 Å². The SMILES string of the molecule is Nc1cccc(C(=O)N(CC2CC2)CC2CC2)c1Br. The molecule has 1 amide bonds. The lowest BCUT2D eigenvalue weighted by Gasteiger charge is -2.23. The monoisotopic (exact) mass is 322 g/mol. The van der Waals surface area contributed by atoms with E-state index in [4.69, 9.17) is 5.73 Å². The number of benzene rings is 1. The van der Waals surface area contributed by atoms with Gasteiger partial charge in [0.15, 0.2) is 0 Å². The van der Waals surface area contributed by atoms with Crippen LogP contribution in [0.3, 0.4) is 0 Å². The number of rotatable bonds is 5. The van der Waals surface area contributed by atoms with Crippen molar-refractivity contribution < 1.29 is 4.79 Å². The van der Waals surface area contributed by atoms with Gasteiger partial charge in [-0.1, -0.05) is 6.07 Å². The molecule has 0 aromatic heterocycles. The van der Waals surface area contributed by atoms with E-state index in [1.807, 2.05) is 23.1 Å². The molecule has 4 heteroatoms. The summed E-state index contributed by atoms with van der Waals surface area (Å²) >= 11 is 3.44. The van der Waals surface area contributed by atoms with Crippen molar-refractivity contribution in [2.45, 2.75) is 25.7 Å². The highest BCUT2D eigenvalue weighted by molar-refractivity contribution is 9.10. The molecule has 1 aromatic carbocycles. The summed E-state index contributed by atoms with van der Waals surface area (Å²) in [6.07, 6.45) is 5.08. The Bertz CT molecular complexity index is 481. The molecule has 0 aliphatic heterocycles. The van der Waals surface area contributed by atoms with Gasteiger partial charge in [0, 0.05) is 18.8 Å². The second-order valence-corrected chi connectivity index (χ2v) is 6.60. The molecule has 2 N–H and O–H groups in total. The Morgan fingerprint density at radius 1 is 1.21 bits per heavy atom. The average molecular weight is 323 g/mol. The molecule has 0 radical (unpaired) electrons. The number of amides is 1. The molecule has 0 unspecified atom stereocenters. The second kappa shape index (κ2) is 5.16. The highest BCUT2D eigenvalue weighted by Crippen LogP contribution is 2.35. The topological polar surface area (TPSA) is 46.3 Å². The first-order valence-corrected chi connectivity index (χ1v) is 7.77. The van der Waals surface area contributed by atoms with Gasteiger partial charge in [0.2, 0.25) is 0 Å². The maximum absolute atomic E-state index is 12.7. The first-order chi connectivity index (χ1) is 9.15. The quantitative estimate of drug-likeness (QED) is 0.845. The number of hydrogen-bond acceptors (Lipinski definition) is 2. The number of anilines is 1. The minimum atomic E-state index is 0.123. The molecular weight excluding hydrogens is 304 g/mol. The van der Waals surface area contributed by atoms with Crippen LogP contribution < -0.4 is 5.73 Å². The molecule has 102 valence electrons. The van der Waals surface area contributed by atoms with Gasteiger partial charge in [-0.2, -0.15) is 0 Å². The third-order valence-corrected chi connectivity index (χ3v) is 4.78. The fraction of sp³-hybridized carbons (Fsp3) is 0.533. The van der Waals surface area contributed by atoms with Crippen LogP contribution in [0.4, 0.5) is 5.69 Å². The predicted octanol–water partition coefficient (Wildman–Crippen LogP) is 3.29. The van der Waals surface area contributed by atoms with Crippen molar-refractivity contribution in [3.8, 4) is 0 Å². The summed E-state index contributed by atoms with van der Waals surface area (Å²) in [4.78, 5) is 14.7. The van der Waals surface area contributed by atoms with Gasteiger partial charge in [0.05, 0.1) is 10.0 Å². The first kappa shape index (κ1) is 13.0. The van der Waals surface area contributed by atoms with Crippen molar-refractivity contribution in [2.75, 3.05) is 18.8 Å². The highest BCUT2D eigenvalue weighted by Gasteiger charge is 2.32. The van der Waals surface area contributed by atoms with Crippen LogP contribution in [0.15, 0.2) is 22.7 Å². The Balaban J connectivity index is 1.79. The Hall–Kier alpha value is -1.03. The summed E-state index contributed by atoms with van der Waals surface area (Å²) in [5.41, 5.74) is 7.19. The minimum absolute atomic E-state index is 0.123. The molecule has 3 rings (SSSR count). The molecule has 2 aliphatic rings. The lowest BCUT2D eigenvalue weighted by molar-refractivity contribution is 0.0738. The van der Waals surface area contributed by atoms with Crippen molar-refractivity contribution >= 4 is 27.5 Å². The molecule has 0 spiro atoms. The number of nitrogen functional groups attached to an aromatic ring is 1. The van der Waals surface area contributed by atoms with Gasteiger partial charge >= 0.3 is 0 Å². The summed E-state index contributed by atoms with van der Waals surface area (Å²) in [5, 5.41) is 0. The van der Waals surface area contributed by atoms with E-state index in [1.54, 1.807) is 0 Å². The summed E-state index contributed by atoms with van der Waals surface area (Å²) in [6, 6.07) is 5.52. The van der Waals surface area contributed by atoms with E-state index in [-0.39, 0.29) is 5.91 Å². The molecule has 0 bridgehead atoms. The van der Waals surface area contributed by atoms with Crippen LogP contribution in [0.25, 0.3) is 0 Å². The summed E-state index contributed by atoms with van der Waals surface area (Å²) in [5.74, 6) is 1.57. The van der Waals surface area contributed by atoms with E-state index < -0.39 is 0 Å². The summed E-state index contributed by atoms with van der Waals surface area (Å²) in [7, 11) is 0. The van der Waals surface area contributed by atoms with Crippen LogP contribution in [0.5, 0.6) is 0 Å². The molecule has 19 heavy (non-hydrogen) atoms. The van der Waals surface area contributed by atoms with Gasteiger partial charge in [-0.3, -0.25) is 4.79 Å². The molecule has 0 atom stereocenters. The molecular formula is C15H19BrN2O. The predicted molar refractivity (Wildman–Crippen MR) is 79.9 cm³/mol. The van der Waals surface area contributed by atoms with E-state index in [9.17, 15) is 4.79 Å². The van der Waals surface area contributed by atoms with E-state index in [0.717, 1.165) is 29.4 Å². The lowest BCUT2D eigenvalue weighted by atomic mass is 10.1. The van der Waals surface area contributed by atoms with Crippen LogP contribution in [-0.4, -0.2) is 23.9 Å². The molecule has 1 aromatic rings. The zero-order valence-electron chi connectivity index (χ0n) is 10.9. The van der Waals surface area contributed by atoms with E-state index in [1.165, 1.54) is 25.7 Å². The normalized spacial score (nSPS) is 18.4. The van der Waals surface area contributed by atoms with Gasteiger partial charge < -0.3 is 10.6 Å². The maximum atomic E-state index is 12.7. The number of halogens is 1. The molecule has 0 heterocycles. The van der Waals surface area contributed by atoms with E-state index in [0.29, 0.717) is 11.3 Å². The number of nitrogens with zero attached hydrogens (tertiary/aromatic N) is 1. The minimum Gasteiger partial charge on any atom is -0.398 e. The third-order valence-electron chi connectivity index (χ3n) is 3.90. The van der Waals surface area contributed by atoms with Gasteiger partial charge in [-0.05, 0) is 65.6 Å². The van der Waals surface area contributed by atoms with E-state index >= 15 is 0 Å².